The molecule has 0 aliphatic heterocycles. The zero-order valence-corrected chi connectivity index (χ0v) is 13.2. The SMILES string of the molecule is COC(=O)C(C)c1ccc(CNC(=O)OC(C)(C)C)cc1. The van der Waals surface area contributed by atoms with Crippen molar-refractivity contribution in [3.63, 3.8) is 0 Å². The van der Waals surface area contributed by atoms with Gasteiger partial charge in [0.2, 0.25) is 0 Å². The van der Waals surface area contributed by atoms with Crippen LogP contribution >= 0.6 is 0 Å². The van der Waals surface area contributed by atoms with E-state index in [1.807, 2.05) is 45.0 Å². The topological polar surface area (TPSA) is 64.6 Å². The van der Waals surface area contributed by atoms with E-state index in [2.05, 4.69) is 5.32 Å². The molecule has 21 heavy (non-hydrogen) atoms. The molecule has 0 spiro atoms. The number of rotatable bonds is 4. The van der Waals surface area contributed by atoms with Gasteiger partial charge in [-0.05, 0) is 38.8 Å². The highest BCUT2D eigenvalue weighted by Gasteiger charge is 2.16. The van der Waals surface area contributed by atoms with Crippen LogP contribution in [-0.4, -0.2) is 24.8 Å². The molecule has 1 aromatic carbocycles. The summed E-state index contributed by atoms with van der Waals surface area (Å²) in [6.45, 7) is 7.61. The summed E-state index contributed by atoms with van der Waals surface area (Å²) >= 11 is 0. The smallest absolute Gasteiger partial charge is 0.407 e. The molecule has 1 unspecified atom stereocenters. The van der Waals surface area contributed by atoms with Gasteiger partial charge in [0, 0.05) is 6.54 Å². The molecule has 0 aromatic heterocycles. The average Bonchev–Trinajstić information content (AvgIpc) is 2.42. The predicted octanol–water partition coefficient (Wildman–Crippen LogP) is 2.99. The molecule has 1 aromatic rings. The maximum Gasteiger partial charge on any atom is 0.407 e. The van der Waals surface area contributed by atoms with Crippen molar-refractivity contribution in [1.29, 1.82) is 0 Å². The molecule has 1 rings (SSSR count). The zero-order chi connectivity index (χ0) is 16.0. The minimum Gasteiger partial charge on any atom is -0.469 e. The Morgan fingerprint density at radius 1 is 1.19 bits per heavy atom. The number of esters is 1. The van der Waals surface area contributed by atoms with Crippen molar-refractivity contribution in [1.82, 2.24) is 5.32 Å². The summed E-state index contributed by atoms with van der Waals surface area (Å²) in [7, 11) is 1.37. The number of amides is 1. The van der Waals surface area contributed by atoms with Crippen LogP contribution < -0.4 is 5.32 Å². The summed E-state index contributed by atoms with van der Waals surface area (Å²) in [6.07, 6.45) is -0.450. The van der Waals surface area contributed by atoms with E-state index in [9.17, 15) is 9.59 Å². The fraction of sp³-hybridized carbons (Fsp3) is 0.500. The highest BCUT2D eigenvalue weighted by atomic mass is 16.6. The van der Waals surface area contributed by atoms with Crippen LogP contribution in [0.4, 0.5) is 4.79 Å². The Kier molecular flexibility index (Phi) is 5.76. The number of carbonyl (C=O) groups excluding carboxylic acids is 2. The van der Waals surface area contributed by atoms with Gasteiger partial charge in [-0.2, -0.15) is 0 Å². The number of alkyl carbamates (subject to hydrolysis) is 1. The van der Waals surface area contributed by atoms with E-state index in [1.54, 1.807) is 6.92 Å². The molecule has 5 nitrogen and oxygen atoms in total. The van der Waals surface area contributed by atoms with Gasteiger partial charge in [0.05, 0.1) is 13.0 Å². The van der Waals surface area contributed by atoms with E-state index in [4.69, 9.17) is 9.47 Å². The van der Waals surface area contributed by atoms with Crippen LogP contribution in [0.25, 0.3) is 0 Å². The largest absolute Gasteiger partial charge is 0.469 e. The van der Waals surface area contributed by atoms with Gasteiger partial charge in [-0.3, -0.25) is 4.79 Å². The number of nitrogens with one attached hydrogen (secondary N) is 1. The fourth-order valence-electron chi connectivity index (χ4n) is 1.73. The molecule has 116 valence electrons. The lowest BCUT2D eigenvalue weighted by molar-refractivity contribution is -0.141. The second-order valence-electron chi connectivity index (χ2n) is 5.84. The molecule has 1 amide bonds. The van der Waals surface area contributed by atoms with E-state index >= 15 is 0 Å². The second-order valence-corrected chi connectivity index (χ2v) is 5.84. The molecule has 0 bridgehead atoms. The van der Waals surface area contributed by atoms with Crippen molar-refractivity contribution in [2.24, 2.45) is 0 Å². The Morgan fingerprint density at radius 3 is 2.24 bits per heavy atom. The minimum atomic E-state index is -0.510. The van der Waals surface area contributed by atoms with Crippen LogP contribution in [0.5, 0.6) is 0 Å². The molecule has 0 heterocycles. The Balaban J connectivity index is 2.55. The van der Waals surface area contributed by atoms with Crippen LogP contribution in [0, 0.1) is 0 Å². The van der Waals surface area contributed by atoms with E-state index < -0.39 is 11.7 Å². The van der Waals surface area contributed by atoms with Crippen molar-refractivity contribution in [3.05, 3.63) is 35.4 Å². The standard InChI is InChI=1S/C16H23NO4/c1-11(14(18)20-5)13-8-6-12(7-9-13)10-17-15(19)21-16(2,3)4/h6-9,11H,10H2,1-5H3,(H,17,19). The van der Waals surface area contributed by atoms with E-state index in [-0.39, 0.29) is 11.9 Å². The molecule has 5 heteroatoms. The van der Waals surface area contributed by atoms with E-state index in [1.165, 1.54) is 7.11 Å². The summed E-state index contributed by atoms with van der Waals surface area (Å²) in [5.74, 6) is -0.572. The third-order valence-electron chi connectivity index (χ3n) is 2.87. The summed E-state index contributed by atoms with van der Waals surface area (Å²) in [5.41, 5.74) is 1.30. The highest BCUT2D eigenvalue weighted by Crippen LogP contribution is 2.17. The van der Waals surface area contributed by atoms with E-state index in [0.717, 1.165) is 11.1 Å². The van der Waals surface area contributed by atoms with Gasteiger partial charge in [0.25, 0.3) is 0 Å². The van der Waals surface area contributed by atoms with Crippen LogP contribution in [0.2, 0.25) is 0 Å². The Labute approximate surface area is 125 Å². The quantitative estimate of drug-likeness (QED) is 0.867. The molecular weight excluding hydrogens is 270 g/mol. The molecule has 0 aliphatic carbocycles. The molecule has 0 saturated heterocycles. The Morgan fingerprint density at radius 2 is 1.76 bits per heavy atom. The predicted molar refractivity (Wildman–Crippen MR) is 79.9 cm³/mol. The summed E-state index contributed by atoms with van der Waals surface area (Å²) in [4.78, 5) is 23.0. The third kappa shape index (κ3) is 5.85. The van der Waals surface area contributed by atoms with Gasteiger partial charge in [0.1, 0.15) is 5.60 Å². The lowest BCUT2D eigenvalue weighted by Gasteiger charge is -2.19. The fourth-order valence-corrected chi connectivity index (χ4v) is 1.73. The van der Waals surface area contributed by atoms with Crippen LogP contribution in [0.1, 0.15) is 44.7 Å². The number of benzene rings is 1. The van der Waals surface area contributed by atoms with Gasteiger partial charge < -0.3 is 14.8 Å². The highest BCUT2D eigenvalue weighted by molar-refractivity contribution is 5.77. The minimum absolute atomic E-state index is 0.269. The molecule has 0 saturated carbocycles. The van der Waals surface area contributed by atoms with Crippen molar-refractivity contribution in [2.75, 3.05) is 7.11 Å². The summed E-state index contributed by atoms with van der Waals surface area (Å²) in [6, 6.07) is 7.44. The molecule has 0 fully saturated rings. The number of hydrogen-bond donors (Lipinski definition) is 1. The molecule has 0 radical (unpaired) electrons. The average molecular weight is 293 g/mol. The van der Waals surface area contributed by atoms with Crippen LogP contribution in [-0.2, 0) is 20.8 Å². The maximum absolute atomic E-state index is 11.5. The number of methoxy groups -OCH3 is 1. The summed E-state index contributed by atoms with van der Waals surface area (Å²) in [5, 5.41) is 2.69. The third-order valence-corrected chi connectivity index (χ3v) is 2.87. The van der Waals surface area contributed by atoms with Gasteiger partial charge in [-0.25, -0.2) is 4.79 Å². The van der Waals surface area contributed by atoms with Gasteiger partial charge in [-0.15, -0.1) is 0 Å². The normalized spacial score (nSPS) is 12.4. The monoisotopic (exact) mass is 293 g/mol. The van der Waals surface area contributed by atoms with Crippen molar-refractivity contribution in [2.45, 2.75) is 45.8 Å². The lowest BCUT2D eigenvalue weighted by atomic mass is 10.00. The first-order valence-corrected chi connectivity index (χ1v) is 6.86. The van der Waals surface area contributed by atoms with Crippen molar-refractivity contribution >= 4 is 12.1 Å². The van der Waals surface area contributed by atoms with E-state index in [0.29, 0.717) is 6.54 Å². The lowest BCUT2D eigenvalue weighted by Crippen LogP contribution is -2.32. The zero-order valence-electron chi connectivity index (χ0n) is 13.2. The number of carbonyl (C=O) groups is 2. The first-order valence-electron chi connectivity index (χ1n) is 6.86. The van der Waals surface area contributed by atoms with Gasteiger partial charge in [0.15, 0.2) is 0 Å². The van der Waals surface area contributed by atoms with Gasteiger partial charge >= 0.3 is 12.1 Å². The van der Waals surface area contributed by atoms with Crippen molar-refractivity contribution in [3.8, 4) is 0 Å². The Hall–Kier alpha value is -2.04. The number of ether oxygens (including phenoxy) is 2. The van der Waals surface area contributed by atoms with Gasteiger partial charge in [-0.1, -0.05) is 24.3 Å². The summed E-state index contributed by atoms with van der Waals surface area (Å²) < 4.78 is 9.87. The number of hydrogen-bond acceptors (Lipinski definition) is 4. The maximum atomic E-state index is 11.5. The van der Waals surface area contributed by atoms with Crippen LogP contribution in [0.15, 0.2) is 24.3 Å². The molecule has 1 atom stereocenters. The molecule has 1 N–H and O–H groups in total. The molecule has 0 aliphatic rings. The van der Waals surface area contributed by atoms with Crippen LogP contribution in [0.3, 0.4) is 0 Å². The van der Waals surface area contributed by atoms with Crippen molar-refractivity contribution < 1.29 is 19.1 Å². The second kappa shape index (κ2) is 7.11. The first-order chi connectivity index (χ1) is 9.73. The Bertz CT molecular complexity index is 488. The molecular formula is C16H23NO4. The first kappa shape index (κ1) is 17.0.